The van der Waals surface area contributed by atoms with Crippen LogP contribution in [0.25, 0.3) is 0 Å². The summed E-state index contributed by atoms with van der Waals surface area (Å²) in [5.74, 6) is 2.38. The van der Waals surface area contributed by atoms with E-state index in [0.717, 1.165) is 23.6 Å². The van der Waals surface area contributed by atoms with Gasteiger partial charge in [0.25, 0.3) is 5.56 Å². The van der Waals surface area contributed by atoms with Gasteiger partial charge in [0.05, 0.1) is 5.75 Å². The average Bonchev–Trinajstić information content (AvgIpc) is 3.13. The number of thioether (sulfide) groups is 1. The van der Waals surface area contributed by atoms with Crippen molar-refractivity contribution in [2.24, 2.45) is 17.8 Å². The number of carbonyl (C=O) groups is 1. The fraction of sp³-hybridized carbons (Fsp3) is 0.667. The number of carbonyl (C=O) groups excluding carboxylic acids is 1. The Kier molecular flexibility index (Phi) is 4.52. The minimum atomic E-state index is -0.476. The maximum Gasteiger partial charge on any atom is 0.276 e. The Hall–Kier alpha value is -1.70. The van der Waals surface area contributed by atoms with Crippen molar-refractivity contribution in [3.8, 4) is 0 Å². The van der Waals surface area contributed by atoms with Gasteiger partial charge in [-0.2, -0.15) is 0 Å². The standard InChI is InChI=1S/C15H23N5O2S/c1-7(10-5-8-2-3-9(10)4-8)18-11(21)6-23-15-19-13(17)12(16)14(22)20-15/h7-10H,2-6,16H2,1H3,(H,18,21)(H3,17,19,20,22). The first kappa shape index (κ1) is 16.2. The van der Waals surface area contributed by atoms with Gasteiger partial charge in [0.1, 0.15) is 5.69 Å². The van der Waals surface area contributed by atoms with E-state index < -0.39 is 5.56 Å². The Morgan fingerprint density at radius 1 is 1.43 bits per heavy atom. The molecule has 2 aliphatic carbocycles. The predicted octanol–water partition coefficient (Wildman–Crippen LogP) is 0.967. The van der Waals surface area contributed by atoms with Crippen molar-refractivity contribution < 1.29 is 4.79 Å². The van der Waals surface area contributed by atoms with Crippen LogP contribution in [-0.2, 0) is 4.79 Å². The van der Waals surface area contributed by atoms with Gasteiger partial charge < -0.3 is 16.8 Å². The first-order valence-corrected chi connectivity index (χ1v) is 9.00. The topological polar surface area (TPSA) is 127 Å². The number of hydrogen-bond donors (Lipinski definition) is 4. The van der Waals surface area contributed by atoms with E-state index in [0.29, 0.717) is 11.1 Å². The molecule has 4 atom stereocenters. The molecule has 7 nitrogen and oxygen atoms in total. The first-order chi connectivity index (χ1) is 10.9. The molecular weight excluding hydrogens is 314 g/mol. The second-order valence-electron chi connectivity index (χ2n) is 6.65. The molecule has 0 spiro atoms. The molecule has 2 saturated carbocycles. The van der Waals surface area contributed by atoms with Gasteiger partial charge in [0, 0.05) is 6.04 Å². The van der Waals surface area contributed by atoms with E-state index in [1.54, 1.807) is 0 Å². The molecular formula is C15H23N5O2S. The highest BCUT2D eigenvalue weighted by Gasteiger charge is 2.42. The van der Waals surface area contributed by atoms with Gasteiger partial charge in [-0.25, -0.2) is 4.98 Å². The van der Waals surface area contributed by atoms with Crippen LogP contribution in [0.5, 0.6) is 0 Å². The van der Waals surface area contributed by atoms with Crippen LogP contribution < -0.4 is 22.3 Å². The molecule has 2 fully saturated rings. The SMILES string of the molecule is CC(NC(=O)CSc1nc(N)c(N)c(=O)[nH]1)C1CC2CCC1C2. The maximum atomic E-state index is 12.1. The molecule has 0 aliphatic heterocycles. The van der Waals surface area contributed by atoms with E-state index in [1.807, 2.05) is 0 Å². The molecule has 6 N–H and O–H groups in total. The summed E-state index contributed by atoms with van der Waals surface area (Å²) in [5.41, 5.74) is 10.4. The quantitative estimate of drug-likeness (QED) is 0.468. The lowest BCUT2D eigenvalue weighted by molar-refractivity contribution is -0.119. The summed E-state index contributed by atoms with van der Waals surface area (Å²) in [7, 11) is 0. The summed E-state index contributed by atoms with van der Waals surface area (Å²) in [4.78, 5) is 30.1. The third-order valence-corrected chi connectivity index (χ3v) is 6.00. The lowest BCUT2D eigenvalue weighted by atomic mass is 9.84. The average molecular weight is 337 g/mol. The summed E-state index contributed by atoms with van der Waals surface area (Å²) >= 11 is 1.15. The number of nitrogen functional groups attached to an aromatic ring is 2. The third kappa shape index (κ3) is 3.46. The van der Waals surface area contributed by atoms with Crippen LogP contribution in [0.3, 0.4) is 0 Å². The molecule has 0 radical (unpaired) electrons. The Morgan fingerprint density at radius 3 is 2.83 bits per heavy atom. The molecule has 4 unspecified atom stereocenters. The van der Waals surface area contributed by atoms with E-state index in [4.69, 9.17) is 11.5 Å². The highest BCUT2D eigenvalue weighted by Crippen LogP contribution is 2.49. The summed E-state index contributed by atoms with van der Waals surface area (Å²) in [6.07, 6.45) is 5.23. The van der Waals surface area contributed by atoms with Gasteiger partial charge in [-0.1, -0.05) is 18.2 Å². The Balaban J connectivity index is 1.51. The number of H-pyrrole nitrogens is 1. The highest BCUT2D eigenvalue weighted by atomic mass is 32.2. The van der Waals surface area contributed by atoms with E-state index >= 15 is 0 Å². The molecule has 0 saturated heterocycles. The van der Waals surface area contributed by atoms with Crippen LogP contribution in [0.4, 0.5) is 11.5 Å². The fourth-order valence-corrected chi connectivity index (χ4v) is 4.67. The number of nitrogens with zero attached hydrogens (tertiary/aromatic N) is 1. The lowest BCUT2D eigenvalue weighted by Crippen LogP contribution is -2.41. The largest absolute Gasteiger partial charge is 0.391 e. The van der Waals surface area contributed by atoms with Crippen LogP contribution in [0.2, 0.25) is 0 Å². The molecule has 2 bridgehead atoms. The third-order valence-electron chi connectivity index (χ3n) is 5.13. The Labute approximate surface area is 139 Å². The van der Waals surface area contributed by atoms with Crippen molar-refractivity contribution >= 4 is 29.2 Å². The summed E-state index contributed by atoms with van der Waals surface area (Å²) in [6.45, 7) is 2.09. The van der Waals surface area contributed by atoms with Crippen LogP contribution in [-0.4, -0.2) is 27.7 Å². The minimum absolute atomic E-state index is 0.00740. The van der Waals surface area contributed by atoms with Gasteiger partial charge in [-0.15, -0.1) is 0 Å². The molecule has 8 heteroatoms. The van der Waals surface area contributed by atoms with Crippen molar-refractivity contribution in [3.63, 3.8) is 0 Å². The number of anilines is 2. The van der Waals surface area contributed by atoms with Crippen LogP contribution in [0.15, 0.2) is 9.95 Å². The summed E-state index contributed by atoms with van der Waals surface area (Å²) < 4.78 is 0. The zero-order valence-corrected chi connectivity index (χ0v) is 14.0. The highest BCUT2D eigenvalue weighted by molar-refractivity contribution is 7.99. The molecule has 3 rings (SSSR count). The van der Waals surface area contributed by atoms with Crippen molar-refractivity contribution in [2.45, 2.75) is 43.8 Å². The smallest absolute Gasteiger partial charge is 0.276 e. The van der Waals surface area contributed by atoms with Crippen LogP contribution in [0.1, 0.15) is 32.6 Å². The van der Waals surface area contributed by atoms with Crippen LogP contribution in [0, 0.1) is 17.8 Å². The van der Waals surface area contributed by atoms with Crippen molar-refractivity contribution in [3.05, 3.63) is 10.4 Å². The van der Waals surface area contributed by atoms with Gasteiger partial charge in [-0.3, -0.25) is 14.6 Å². The normalized spacial score (nSPS) is 27.1. The van der Waals surface area contributed by atoms with E-state index in [1.165, 1.54) is 25.7 Å². The Morgan fingerprint density at radius 2 is 2.22 bits per heavy atom. The first-order valence-electron chi connectivity index (χ1n) is 8.01. The number of aromatic amines is 1. The zero-order valence-electron chi connectivity index (χ0n) is 13.2. The van der Waals surface area contributed by atoms with Crippen LogP contribution >= 0.6 is 11.8 Å². The maximum absolute atomic E-state index is 12.1. The van der Waals surface area contributed by atoms with Gasteiger partial charge in [0.15, 0.2) is 11.0 Å². The number of nitrogens with one attached hydrogen (secondary N) is 2. The summed E-state index contributed by atoms with van der Waals surface area (Å²) in [6, 6.07) is 0.196. The molecule has 1 amide bonds. The summed E-state index contributed by atoms with van der Waals surface area (Å²) in [5, 5.41) is 3.39. The zero-order chi connectivity index (χ0) is 16.6. The second kappa shape index (κ2) is 6.43. The van der Waals surface area contributed by atoms with Gasteiger partial charge in [0.2, 0.25) is 5.91 Å². The van der Waals surface area contributed by atoms with E-state index in [-0.39, 0.29) is 29.2 Å². The minimum Gasteiger partial charge on any atom is -0.391 e. The van der Waals surface area contributed by atoms with Gasteiger partial charge >= 0.3 is 0 Å². The number of aromatic nitrogens is 2. The number of rotatable bonds is 5. The van der Waals surface area contributed by atoms with Crippen molar-refractivity contribution in [1.29, 1.82) is 0 Å². The van der Waals surface area contributed by atoms with Crippen molar-refractivity contribution in [2.75, 3.05) is 17.2 Å². The fourth-order valence-electron chi connectivity index (χ4n) is 3.99. The Bertz CT molecular complexity index is 662. The van der Waals surface area contributed by atoms with E-state index in [2.05, 4.69) is 22.2 Å². The van der Waals surface area contributed by atoms with Gasteiger partial charge in [-0.05, 0) is 43.9 Å². The van der Waals surface area contributed by atoms with Crippen molar-refractivity contribution in [1.82, 2.24) is 15.3 Å². The van der Waals surface area contributed by atoms with E-state index in [9.17, 15) is 9.59 Å². The molecule has 126 valence electrons. The second-order valence-corrected chi connectivity index (χ2v) is 7.62. The number of fused-ring (bicyclic) bond motifs is 2. The molecule has 1 aromatic rings. The molecule has 2 aliphatic rings. The molecule has 1 heterocycles. The number of hydrogen-bond acceptors (Lipinski definition) is 6. The molecule has 1 aromatic heterocycles. The predicted molar refractivity (Wildman–Crippen MR) is 90.9 cm³/mol. The lowest BCUT2D eigenvalue weighted by Gasteiger charge is -2.28. The molecule has 23 heavy (non-hydrogen) atoms. The monoisotopic (exact) mass is 337 g/mol. The number of amides is 1. The molecule has 0 aromatic carbocycles. The number of nitrogens with two attached hydrogens (primary N) is 2.